The predicted octanol–water partition coefficient (Wildman–Crippen LogP) is 3.82. The van der Waals surface area contributed by atoms with Gasteiger partial charge in [-0.25, -0.2) is 4.79 Å². The molecule has 0 saturated carbocycles. The summed E-state index contributed by atoms with van der Waals surface area (Å²) in [7, 11) is 2.95. The van der Waals surface area contributed by atoms with E-state index in [1.54, 1.807) is 43.4 Å². The van der Waals surface area contributed by atoms with Crippen LogP contribution in [0.3, 0.4) is 0 Å². The number of nitrogens with zero attached hydrogens (tertiary/aromatic N) is 1. The summed E-state index contributed by atoms with van der Waals surface area (Å²) in [4.78, 5) is 25.2. The first kappa shape index (κ1) is 19.1. The van der Waals surface area contributed by atoms with Gasteiger partial charge in [-0.2, -0.15) is 0 Å². The van der Waals surface area contributed by atoms with Gasteiger partial charge in [-0.05, 0) is 29.8 Å². The topological polar surface area (TPSA) is 55.8 Å². The molecule has 5 nitrogen and oxygen atoms in total. The smallest absolute Gasteiger partial charge is 0.343 e. The van der Waals surface area contributed by atoms with Crippen LogP contribution in [0.15, 0.2) is 42.5 Å². The maximum atomic E-state index is 12.6. The van der Waals surface area contributed by atoms with Gasteiger partial charge in [-0.1, -0.05) is 41.4 Å². The number of hydrogen-bond donors (Lipinski definition) is 0. The molecule has 0 N–H and O–H groups in total. The monoisotopic (exact) mass is 381 g/mol. The van der Waals surface area contributed by atoms with Gasteiger partial charge in [0.2, 0.25) is 0 Å². The van der Waals surface area contributed by atoms with Crippen molar-refractivity contribution in [3.63, 3.8) is 0 Å². The van der Waals surface area contributed by atoms with Crippen LogP contribution in [0.25, 0.3) is 0 Å². The highest BCUT2D eigenvalue weighted by Crippen LogP contribution is 2.26. The summed E-state index contributed by atoms with van der Waals surface area (Å²) >= 11 is 12.2. The SMILES string of the molecule is COC(=O)COc1cccc(C(=O)N(C)Cc2cccc(Cl)c2Cl)c1. The van der Waals surface area contributed by atoms with E-state index >= 15 is 0 Å². The summed E-state index contributed by atoms with van der Waals surface area (Å²) in [6.07, 6.45) is 0. The molecule has 0 atom stereocenters. The molecule has 0 aliphatic heterocycles. The summed E-state index contributed by atoms with van der Waals surface area (Å²) in [6, 6.07) is 11.9. The Morgan fingerprint density at radius 3 is 2.56 bits per heavy atom. The largest absolute Gasteiger partial charge is 0.482 e. The van der Waals surface area contributed by atoms with E-state index in [2.05, 4.69) is 4.74 Å². The van der Waals surface area contributed by atoms with Crippen molar-refractivity contribution in [1.82, 2.24) is 4.90 Å². The normalized spacial score (nSPS) is 10.2. The zero-order chi connectivity index (χ0) is 18.4. The molecule has 0 saturated heterocycles. The van der Waals surface area contributed by atoms with E-state index in [-0.39, 0.29) is 12.5 Å². The average Bonchev–Trinajstić information content (AvgIpc) is 2.63. The molecule has 0 aromatic heterocycles. The maximum Gasteiger partial charge on any atom is 0.343 e. The van der Waals surface area contributed by atoms with Crippen LogP contribution < -0.4 is 4.74 Å². The van der Waals surface area contributed by atoms with Crippen LogP contribution in [0.1, 0.15) is 15.9 Å². The quantitative estimate of drug-likeness (QED) is 0.713. The molecule has 0 aliphatic carbocycles. The number of hydrogen-bond acceptors (Lipinski definition) is 4. The van der Waals surface area contributed by atoms with E-state index in [0.717, 1.165) is 5.56 Å². The fourth-order valence-electron chi connectivity index (χ4n) is 2.14. The molecule has 2 aromatic rings. The number of amides is 1. The molecule has 0 fully saturated rings. The van der Waals surface area contributed by atoms with Gasteiger partial charge in [0.1, 0.15) is 5.75 Å². The van der Waals surface area contributed by atoms with E-state index in [9.17, 15) is 9.59 Å². The molecule has 132 valence electrons. The molecule has 0 bridgehead atoms. The number of halogens is 2. The Morgan fingerprint density at radius 1 is 1.12 bits per heavy atom. The van der Waals surface area contributed by atoms with Gasteiger partial charge in [0, 0.05) is 19.2 Å². The Hall–Kier alpha value is -2.24. The van der Waals surface area contributed by atoms with Gasteiger partial charge in [0.15, 0.2) is 6.61 Å². The summed E-state index contributed by atoms with van der Waals surface area (Å²) in [5.41, 5.74) is 1.19. The first-order chi connectivity index (χ1) is 11.9. The van der Waals surface area contributed by atoms with E-state index in [1.807, 2.05) is 6.07 Å². The molecule has 0 spiro atoms. The van der Waals surface area contributed by atoms with Crippen molar-refractivity contribution in [1.29, 1.82) is 0 Å². The van der Waals surface area contributed by atoms with Crippen molar-refractivity contribution < 1.29 is 19.1 Å². The van der Waals surface area contributed by atoms with Crippen LogP contribution in [-0.2, 0) is 16.1 Å². The van der Waals surface area contributed by atoms with Crippen LogP contribution >= 0.6 is 23.2 Å². The van der Waals surface area contributed by atoms with E-state index < -0.39 is 5.97 Å². The maximum absolute atomic E-state index is 12.6. The molecule has 0 aliphatic rings. The zero-order valence-corrected chi connectivity index (χ0v) is 15.3. The van der Waals surface area contributed by atoms with Gasteiger partial charge in [0.05, 0.1) is 17.2 Å². The van der Waals surface area contributed by atoms with Crippen LogP contribution in [-0.4, -0.2) is 37.5 Å². The lowest BCUT2D eigenvalue weighted by Crippen LogP contribution is -2.26. The number of rotatable bonds is 6. The fourth-order valence-corrected chi connectivity index (χ4v) is 2.52. The first-order valence-corrected chi connectivity index (χ1v) is 8.16. The Labute approximate surface area is 156 Å². The highest BCUT2D eigenvalue weighted by Gasteiger charge is 2.15. The Kier molecular flexibility index (Phi) is 6.67. The second-order valence-corrected chi connectivity index (χ2v) is 6.05. The molecule has 0 heterocycles. The Balaban J connectivity index is 2.08. The minimum atomic E-state index is -0.496. The van der Waals surface area contributed by atoms with Crippen LogP contribution in [0, 0.1) is 0 Å². The lowest BCUT2D eigenvalue weighted by atomic mass is 10.1. The molecule has 7 heteroatoms. The van der Waals surface area contributed by atoms with Gasteiger partial charge < -0.3 is 14.4 Å². The Morgan fingerprint density at radius 2 is 1.84 bits per heavy atom. The highest BCUT2D eigenvalue weighted by molar-refractivity contribution is 6.42. The lowest BCUT2D eigenvalue weighted by Gasteiger charge is -2.19. The Bertz CT molecular complexity index is 779. The van der Waals surface area contributed by atoms with Crippen molar-refractivity contribution in [2.75, 3.05) is 20.8 Å². The number of methoxy groups -OCH3 is 1. The van der Waals surface area contributed by atoms with Crippen molar-refractivity contribution in [3.05, 3.63) is 63.6 Å². The van der Waals surface area contributed by atoms with Gasteiger partial charge in [-0.15, -0.1) is 0 Å². The van der Waals surface area contributed by atoms with Crippen LogP contribution in [0.2, 0.25) is 10.0 Å². The third kappa shape index (κ3) is 5.11. The van der Waals surface area contributed by atoms with E-state index in [4.69, 9.17) is 27.9 Å². The molecule has 0 radical (unpaired) electrons. The molecule has 2 rings (SSSR count). The van der Waals surface area contributed by atoms with Crippen molar-refractivity contribution in [2.24, 2.45) is 0 Å². The summed E-state index contributed by atoms with van der Waals surface area (Å²) in [6.45, 7) is 0.0909. The second kappa shape index (κ2) is 8.74. The number of ether oxygens (including phenoxy) is 2. The second-order valence-electron chi connectivity index (χ2n) is 5.27. The fraction of sp³-hybridized carbons (Fsp3) is 0.222. The minimum absolute atomic E-state index is 0.209. The van der Waals surface area contributed by atoms with Crippen LogP contribution in [0.5, 0.6) is 5.75 Å². The predicted molar refractivity (Wildman–Crippen MR) is 96.2 cm³/mol. The zero-order valence-electron chi connectivity index (χ0n) is 13.8. The minimum Gasteiger partial charge on any atom is -0.482 e. The van der Waals surface area contributed by atoms with Crippen molar-refractivity contribution in [2.45, 2.75) is 6.54 Å². The molecular weight excluding hydrogens is 365 g/mol. The van der Waals surface area contributed by atoms with E-state index in [1.165, 1.54) is 12.0 Å². The standard InChI is InChI=1S/C18H17Cl2NO4/c1-21(10-13-6-4-8-15(19)17(13)20)18(23)12-5-3-7-14(9-12)25-11-16(22)24-2/h3-9H,10-11H2,1-2H3. The summed E-state index contributed by atoms with van der Waals surface area (Å²) < 4.78 is 9.81. The molecule has 2 aromatic carbocycles. The molecular formula is C18H17Cl2NO4. The van der Waals surface area contributed by atoms with Gasteiger partial charge in [-0.3, -0.25) is 4.79 Å². The van der Waals surface area contributed by atoms with Crippen LogP contribution in [0.4, 0.5) is 0 Å². The van der Waals surface area contributed by atoms with Crippen molar-refractivity contribution >= 4 is 35.1 Å². The van der Waals surface area contributed by atoms with Gasteiger partial charge in [0.25, 0.3) is 5.91 Å². The summed E-state index contributed by atoms with van der Waals surface area (Å²) in [5, 5.41) is 0.872. The number of esters is 1. The number of carbonyl (C=O) groups is 2. The lowest BCUT2D eigenvalue weighted by molar-refractivity contribution is -0.142. The highest BCUT2D eigenvalue weighted by atomic mass is 35.5. The number of benzene rings is 2. The molecule has 25 heavy (non-hydrogen) atoms. The first-order valence-electron chi connectivity index (χ1n) is 7.40. The third-order valence-corrected chi connectivity index (χ3v) is 4.31. The summed E-state index contributed by atoms with van der Waals surface area (Å²) in [5.74, 6) is -0.297. The van der Waals surface area contributed by atoms with Crippen molar-refractivity contribution in [3.8, 4) is 5.75 Å². The number of carbonyl (C=O) groups excluding carboxylic acids is 2. The third-order valence-electron chi connectivity index (χ3n) is 3.45. The van der Waals surface area contributed by atoms with E-state index in [0.29, 0.717) is 27.9 Å². The van der Waals surface area contributed by atoms with Gasteiger partial charge >= 0.3 is 5.97 Å². The molecule has 0 unspecified atom stereocenters. The average molecular weight is 382 g/mol. The molecule has 1 amide bonds.